The average molecular weight is 824 g/mol. The zero-order valence-corrected chi connectivity index (χ0v) is 41.6. The van der Waals surface area contributed by atoms with Gasteiger partial charge in [-0.2, -0.15) is 0 Å². The molecule has 0 aliphatic rings. The Hall–Kier alpha value is -5.73. The van der Waals surface area contributed by atoms with Gasteiger partial charge in [-0.15, -0.1) is 27.3 Å². The summed E-state index contributed by atoms with van der Waals surface area (Å²) in [6.45, 7) is 0. The number of fused-ring (bicyclic) bond motifs is 9. The van der Waals surface area contributed by atoms with Crippen molar-refractivity contribution in [3.05, 3.63) is 91.0 Å². The van der Waals surface area contributed by atoms with E-state index in [9.17, 15) is 0 Å². The van der Waals surface area contributed by atoms with Crippen LogP contribution < -0.4 is 81.9 Å². The molecule has 0 bridgehead atoms. The first-order valence-corrected chi connectivity index (χ1v) is 23.9. The van der Waals surface area contributed by atoms with Gasteiger partial charge in [0.1, 0.15) is 129 Å². The molecular formula is C50H45B15O. The van der Waals surface area contributed by atoms with Crippen molar-refractivity contribution in [3.63, 3.8) is 0 Å². The van der Waals surface area contributed by atoms with Crippen LogP contribution in [0, 0.1) is 0 Å². The molecule has 1 heterocycles. The van der Waals surface area contributed by atoms with Crippen LogP contribution >= 0.6 is 0 Å². The van der Waals surface area contributed by atoms with Crippen LogP contribution in [0.1, 0.15) is 0 Å². The number of furan rings is 1. The summed E-state index contributed by atoms with van der Waals surface area (Å²) in [5.74, 6) is 0. The van der Waals surface area contributed by atoms with Gasteiger partial charge < -0.3 is 4.42 Å². The van der Waals surface area contributed by atoms with Crippen LogP contribution in [0.25, 0.3) is 109 Å². The van der Waals surface area contributed by atoms with E-state index in [0.717, 1.165) is 11.2 Å². The Morgan fingerprint density at radius 1 is 0.242 bits per heavy atom. The topological polar surface area (TPSA) is 13.1 Å². The first-order chi connectivity index (χ1) is 31.6. The van der Waals surface area contributed by atoms with Crippen molar-refractivity contribution < 1.29 is 4.42 Å². The maximum Gasteiger partial charge on any atom is 0.143 e. The Bertz CT molecular complexity index is 3980. The van der Waals surface area contributed by atoms with E-state index < -0.39 is 0 Å². The number of hydrogen-bond acceptors (Lipinski definition) is 1. The maximum absolute atomic E-state index is 7.02. The van der Waals surface area contributed by atoms with Crippen molar-refractivity contribution in [2.75, 3.05) is 0 Å². The van der Waals surface area contributed by atoms with Crippen LogP contribution in [-0.2, 0) is 0 Å². The summed E-state index contributed by atoms with van der Waals surface area (Å²) >= 11 is 0. The second-order valence-corrected chi connectivity index (χ2v) is 19.9. The standard InChI is InChI=1S/C50H45B15O/c51-34-31(39(56)47(64)49-32(34)33-40(57)45(62)46(63)48(65)50(33)66-49)26-29-27(35(52)41(58)43(60)37(29)54)25(28-30(26)38(55)44(61)42(59)36(28)53)23-14-13-22(19-10-4-5-11-20(19)23)24-15-16-7-1-2-8-17(16)18-9-3-6-12-21(18)24/h1-15H,51-65H2. The van der Waals surface area contributed by atoms with Crippen molar-refractivity contribution in [1.29, 1.82) is 0 Å². The first-order valence-electron chi connectivity index (χ1n) is 23.9. The second kappa shape index (κ2) is 15.1. The molecule has 0 N–H and O–H groups in total. The molecule has 0 unspecified atom stereocenters. The minimum atomic E-state index is 1.02. The molecule has 10 aromatic carbocycles. The monoisotopic (exact) mass is 826 g/mol. The third-order valence-corrected chi connectivity index (χ3v) is 17.2. The molecule has 16 heteroatoms. The summed E-state index contributed by atoms with van der Waals surface area (Å²) in [7, 11) is 35.0. The summed E-state index contributed by atoms with van der Waals surface area (Å²) in [6.07, 6.45) is 0. The molecule has 0 radical (unpaired) electrons. The van der Waals surface area contributed by atoms with E-state index in [0.29, 0.717) is 0 Å². The van der Waals surface area contributed by atoms with E-state index in [2.05, 4.69) is 209 Å². The predicted octanol–water partition coefficient (Wildman–Crippen LogP) is -11.8. The van der Waals surface area contributed by atoms with Crippen molar-refractivity contribution in [2.24, 2.45) is 0 Å². The van der Waals surface area contributed by atoms with Gasteiger partial charge in [-0.3, -0.25) is 0 Å². The zero-order chi connectivity index (χ0) is 46.5. The Labute approximate surface area is 401 Å². The molecule has 11 rings (SSSR count). The lowest BCUT2D eigenvalue weighted by molar-refractivity contribution is 0.675. The highest BCUT2D eigenvalue weighted by Gasteiger charge is 2.30. The predicted molar refractivity (Wildman–Crippen MR) is 340 cm³/mol. The zero-order valence-electron chi connectivity index (χ0n) is 41.6. The highest BCUT2D eigenvalue weighted by atomic mass is 16.3. The quantitative estimate of drug-likeness (QED) is 0.0983. The Kier molecular flexibility index (Phi) is 9.84. The Morgan fingerprint density at radius 2 is 0.606 bits per heavy atom. The van der Waals surface area contributed by atoms with E-state index in [1.54, 1.807) is 0 Å². The number of rotatable bonds is 3. The van der Waals surface area contributed by atoms with Crippen molar-refractivity contribution >= 4 is 275 Å². The Balaban J connectivity index is 1.36. The molecule has 1 nitrogen and oxygen atoms in total. The van der Waals surface area contributed by atoms with Crippen LogP contribution in [0.15, 0.2) is 95.4 Å². The molecular weight excluding hydrogens is 779 g/mol. The van der Waals surface area contributed by atoms with Gasteiger partial charge in [0.2, 0.25) is 0 Å². The summed E-state index contributed by atoms with van der Waals surface area (Å²) in [5, 5.41) is 15.7. The van der Waals surface area contributed by atoms with Gasteiger partial charge in [-0.25, -0.2) is 0 Å². The lowest BCUT2D eigenvalue weighted by Gasteiger charge is -2.30. The maximum atomic E-state index is 7.02. The fraction of sp³-hybridized carbons (Fsp3) is 0. The smallest absolute Gasteiger partial charge is 0.143 e. The normalized spacial score (nSPS) is 11.9. The van der Waals surface area contributed by atoms with Gasteiger partial charge in [0.05, 0.1) is 0 Å². The summed E-state index contributed by atoms with van der Waals surface area (Å²) in [6, 6.07) is 34.3. The van der Waals surface area contributed by atoms with Crippen LogP contribution in [0.5, 0.6) is 0 Å². The Morgan fingerprint density at radius 3 is 1.14 bits per heavy atom. The molecule has 0 aliphatic carbocycles. The van der Waals surface area contributed by atoms with Crippen LogP contribution in [0.2, 0.25) is 0 Å². The van der Waals surface area contributed by atoms with Crippen molar-refractivity contribution in [2.45, 2.75) is 0 Å². The largest absolute Gasteiger partial charge is 0.457 e. The van der Waals surface area contributed by atoms with Crippen molar-refractivity contribution in [3.8, 4) is 33.4 Å². The van der Waals surface area contributed by atoms with Crippen LogP contribution in [0.4, 0.5) is 0 Å². The molecule has 0 fully saturated rings. The molecule has 66 heavy (non-hydrogen) atoms. The molecule has 296 valence electrons. The molecule has 0 aliphatic heterocycles. The fourth-order valence-electron chi connectivity index (χ4n) is 12.4. The lowest BCUT2D eigenvalue weighted by atomic mass is 9.58. The lowest BCUT2D eigenvalue weighted by Crippen LogP contribution is -2.50. The van der Waals surface area contributed by atoms with Gasteiger partial charge in [0.25, 0.3) is 0 Å². The van der Waals surface area contributed by atoms with E-state index in [1.165, 1.54) is 180 Å². The molecule has 0 atom stereocenters. The average Bonchev–Trinajstić information content (AvgIpc) is 3.75. The van der Waals surface area contributed by atoms with Crippen LogP contribution in [0.3, 0.4) is 0 Å². The SMILES string of the molecule is Bc1c(B)c(B)c2c(oc3c(B)c(B)c(-c4c5c(B)c(B)c(B)c(B)c5c(-c5ccc(-c6cc7ccccc7c7ccccc67)c6ccccc56)c5c(B)c(B)c(B)c(B)c45)c(B)c32)c1B. The molecule has 0 saturated carbocycles. The van der Waals surface area contributed by atoms with Gasteiger partial charge in [-0.1, -0.05) is 140 Å². The van der Waals surface area contributed by atoms with E-state index in [-0.39, 0.29) is 0 Å². The molecule has 0 spiro atoms. The van der Waals surface area contributed by atoms with Gasteiger partial charge in [-0.05, 0) is 93.3 Å². The molecule has 0 saturated heterocycles. The van der Waals surface area contributed by atoms with Gasteiger partial charge in [0.15, 0.2) is 0 Å². The minimum Gasteiger partial charge on any atom is -0.457 e. The molecule has 1 aromatic heterocycles. The highest BCUT2D eigenvalue weighted by Crippen LogP contribution is 2.45. The molecule has 0 amide bonds. The molecule has 11 aromatic rings. The third kappa shape index (κ3) is 5.63. The summed E-state index contributed by atoms with van der Waals surface area (Å²) in [4.78, 5) is 0. The number of hydrogen-bond donors (Lipinski definition) is 0. The van der Waals surface area contributed by atoms with Gasteiger partial charge >= 0.3 is 0 Å². The second-order valence-electron chi connectivity index (χ2n) is 19.9. The third-order valence-electron chi connectivity index (χ3n) is 17.2. The van der Waals surface area contributed by atoms with E-state index in [1.807, 2.05) is 0 Å². The van der Waals surface area contributed by atoms with Crippen LogP contribution in [-0.4, -0.2) is 118 Å². The van der Waals surface area contributed by atoms with E-state index >= 15 is 0 Å². The number of benzene rings is 10. The van der Waals surface area contributed by atoms with Gasteiger partial charge in [0, 0.05) is 10.8 Å². The highest BCUT2D eigenvalue weighted by molar-refractivity contribution is 6.73. The fourth-order valence-corrected chi connectivity index (χ4v) is 12.4. The first kappa shape index (κ1) is 42.9. The van der Waals surface area contributed by atoms with E-state index in [4.69, 9.17) is 4.42 Å². The summed E-state index contributed by atoms with van der Waals surface area (Å²) < 4.78 is 7.02. The minimum absolute atomic E-state index is 1.02. The van der Waals surface area contributed by atoms with Crippen molar-refractivity contribution in [1.82, 2.24) is 0 Å². The summed E-state index contributed by atoms with van der Waals surface area (Å²) in [5.41, 5.74) is 29.9.